The highest BCUT2D eigenvalue weighted by molar-refractivity contribution is 5.75. The third kappa shape index (κ3) is 43.0. The molecule has 0 amide bonds. The molecule has 0 saturated carbocycles. The average molecular weight is 906 g/mol. The molecule has 0 bridgehead atoms. The Labute approximate surface area is 399 Å². The van der Waals surface area contributed by atoms with E-state index in [4.69, 9.17) is 19.6 Å². The standard InChI is InChI=1S/C57H112N2O5/c1-7-11-15-19-27-35-43-52(42-33-17-13-9-3)56(58)62-50-39-31-25-21-23-29-37-46-54(64-55(60)48-41-49-59(5)6)47-38-30-24-22-26-32-40-51-63-57(61)53(44-34-18-14-10-4)45-36-28-20-16-12-8-2/h52-54,58H,7-51H2,1-6H3. The molecule has 3 unspecified atom stereocenters. The smallest absolute Gasteiger partial charge is 0.308 e. The second-order valence-electron chi connectivity index (χ2n) is 20.1. The van der Waals surface area contributed by atoms with Gasteiger partial charge in [0.1, 0.15) is 6.10 Å². The van der Waals surface area contributed by atoms with E-state index in [-0.39, 0.29) is 24.0 Å². The highest BCUT2D eigenvalue weighted by Gasteiger charge is 2.20. The van der Waals surface area contributed by atoms with E-state index in [9.17, 15) is 9.59 Å². The van der Waals surface area contributed by atoms with Crippen molar-refractivity contribution >= 4 is 17.8 Å². The molecule has 64 heavy (non-hydrogen) atoms. The van der Waals surface area contributed by atoms with Crippen molar-refractivity contribution in [2.75, 3.05) is 33.9 Å². The SMILES string of the molecule is CCCCCCCCC(CCCCCC)C(=N)OCCCCCCCCCC(CCCCCCCCCOC(=O)C(CCCCCC)CCCCCCCC)OC(=O)CCCN(C)C. The Morgan fingerprint density at radius 2 is 0.734 bits per heavy atom. The lowest BCUT2D eigenvalue weighted by atomic mass is 9.94. The van der Waals surface area contributed by atoms with Crippen LogP contribution in [-0.2, 0) is 23.8 Å². The van der Waals surface area contributed by atoms with Crippen molar-refractivity contribution in [3.63, 3.8) is 0 Å². The summed E-state index contributed by atoms with van der Waals surface area (Å²) in [6, 6.07) is 0. The van der Waals surface area contributed by atoms with Crippen molar-refractivity contribution in [3.8, 4) is 0 Å². The second-order valence-corrected chi connectivity index (χ2v) is 20.1. The third-order valence-corrected chi connectivity index (χ3v) is 13.5. The average Bonchev–Trinajstić information content (AvgIpc) is 3.28. The summed E-state index contributed by atoms with van der Waals surface area (Å²) in [6.45, 7) is 11.2. The van der Waals surface area contributed by atoms with Gasteiger partial charge in [0.2, 0.25) is 0 Å². The van der Waals surface area contributed by atoms with E-state index < -0.39 is 0 Å². The van der Waals surface area contributed by atoms with Gasteiger partial charge in [-0.15, -0.1) is 0 Å². The summed E-state index contributed by atoms with van der Waals surface area (Å²) in [5.41, 5.74) is 0. The van der Waals surface area contributed by atoms with Crippen molar-refractivity contribution in [3.05, 3.63) is 0 Å². The van der Waals surface area contributed by atoms with Crippen LogP contribution in [0.3, 0.4) is 0 Å². The second kappa shape index (κ2) is 49.3. The summed E-state index contributed by atoms with van der Waals surface area (Å²) in [6.07, 6.45) is 49.2. The minimum Gasteiger partial charge on any atom is -0.481 e. The molecular formula is C57H112N2O5. The van der Waals surface area contributed by atoms with E-state index in [2.05, 4.69) is 46.7 Å². The summed E-state index contributed by atoms with van der Waals surface area (Å²) in [5, 5.41) is 8.69. The molecule has 0 aliphatic heterocycles. The van der Waals surface area contributed by atoms with Crippen molar-refractivity contribution in [2.24, 2.45) is 11.8 Å². The molecule has 7 nitrogen and oxygen atoms in total. The molecule has 0 saturated heterocycles. The van der Waals surface area contributed by atoms with Gasteiger partial charge in [0.15, 0.2) is 5.90 Å². The van der Waals surface area contributed by atoms with E-state index in [1.807, 2.05) is 0 Å². The van der Waals surface area contributed by atoms with E-state index >= 15 is 0 Å². The lowest BCUT2D eigenvalue weighted by Crippen LogP contribution is -2.20. The lowest BCUT2D eigenvalue weighted by molar-refractivity contribution is -0.150. The van der Waals surface area contributed by atoms with Crippen LogP contribution in [0.1, 0.15) is 297 Å². The Hall–Kier alpha value is -1.63. The van der Waals surface area contributed by atoms with Crippen LogP contribution in [0.25, 0.3) is 0 Å². The van der Waals surface area contributed by atoms with E-state index in [1.165, 1.54) is 173 Å². The molecule has 0 aromatic heterocycles. The topological polar surface area (TPSA) is 88.9 Å². The van der Waals surface area contributed by atoms with Gasteiger partial charge in [0.25, 0.3) is 0 Å². The van der Waals surface area contributed by atoms with Crippen LogP contribution in [0.15, 0.2) is 0 Å². The van der Waals surface area contributed by atoms with Gasteiger partial charge in [-0.25, -0.2) is 0 Å². The van der Waals surface area contributed by atoms with Crippen molar-refractivity contribution in [2.45, 2.75) is 303 Å². The Morgan fingerprint density at radius 3 is 1.14 bits per heavy atom. The molecule has 0 aliphatic rings. The first-order valence-electron chi connectivity index (χ1n) is 28.5. The number of rotatable bonds is 51. The molecule has 0 aromatic rings. The fourth-order valence-corrected chi connectivity index (χ4v) is 9.12. The number of nitrogens with one attached hydrogen (secondary N) is 1. The number of esters is 2. The summed E-state index contributed by atoms with van der Waals surface area (Å²) < 4.78 is 17.9. The van der Waals surface area contributed by atoms with Gasteiger partial charge in [-0.3, -0.25) is 15.0 Å². The predicted octanol–water partition coefficient (Wildman–Crippen LogP) is 17.7. The number of hydrogen-bond acceptors (Lipinski definition) is 7. The number of nitrogens with zero attached hydrogens (tertiary/aromatic N) is 1. The first-order chi connectivity index (χ1) is 31.3. The minimum atomic E-state index is -0.0294. The van der Waals surface area contributed by atoms with Crippen LogP contribution < -0.4 is 0 Å². The molecular weight excluding hydrogens is 793 g/mol. The highest BCUT2D eigenvalue weighted by Crippen LogP contribution is 2.23. The van der Waals surface area contributed by atoms with Crippen molar-refractivity contribution in [1.29, 1.82) is 5.41 Å². The predicted molar refractivity (Wildman–Crippen MR) is 277 cm³/mol. The molecule has 0 spiro atoms. The Morgan fingerprint density at radius 1 is 0.406 bits per heavy atom. The zero-order valence-corrected chi connectivity index (χ0v) is 44.0. The highest BCUT2D eigenvalue weighted by atomic mass is 16.5. The number of unbranched alkanes of at least 4 members (excludes halogenated alkanes) is 28. The molecule has 0 heterocycles. The number of carbonyl (C=O) groups is 2. The van der Waals surface area contributed by atoms with Crippen molar-refractivity contribution in [1.82, 2.24) is 4.90 Å². The molecule has 1 N–H and O–H groups in total. The molecule has 380 valence electrons. The Kier molecular flexibility index (Phi) is 48.0. The van der Waals surface area contributed by atoms with E-state index in [1.54, 1.807) is 0 Å². The van der Waals surface area contributed by atoms with Gasteiger partial charge in [0.05, 0.1) is 19.1 Å². The van der Waals surface area contributed by atoms with Crippen LogP contribution in [0, 0.1) is 17.2 Å². The fourth-order valence-electron chi connectivity index (χ4n) is 9.12. The first-order valence-corrected chi connectivity index (χ1v) is 28.5. The van der Waals surface area contributed by atoms with E-state index in [0.717, 1.165) is 96.4 Å². The summed E-state index contributed by atoms with van der Waals surface area (Å²) >= 11 is 0. The van der Waals surface area contributed by atoms with Crippen LogP contribution in [0.2, 0.25) is 0 Å². The zero-order valence-electron chi connectivity index (χ0n) is 44.0. The molecule has 3 atom stereocenters. The summed E-state index contributed by atoms with van der Waals surface area (Å²) in [5.74, 6) is 0.989. The summed E-state index contributed by atoms with van der Waals surface area (Å²) in [7, 11) is 4.10. The molecule has 0 radical (unpaired) electrons. The van der Waals surface area contributed by atoms with Gasteiger partial charge in [0, 0.05) is 12.3 Å². The molecule has 7 heteroatoms. The van der Waals surface area contributed by atoms with Crippen LogP contribution in [-0.4, -0.2) is 62.7 Å². The molecule has 0 rings (SSSR count). The van der Waals surface area contributed by atoms with Crippen molar-refractivity contribution < 1.29 is 23.8 Å². The first kappa shape index (κ1) is 62.4. The van der Waals surface area contributed by atoms with Crippen LogP contribution in [0.5, 0.6) is 0 Å². The van der Waals surface area contributed by atoms with Gasteiger partial charge in [-0.05, 0) is 91.3 Å². The van der Waals surface area contributed by atoms with E-state index in [0.29, 0.717) is 31.5 Å². The maximum Gasteiger partial charge on any atom is 0.308 e. The normalized spacial score (nSPS) is 13.0. The monoisotopic (exact) mass is 905 g/mol. The maximum absolute atomic E-state index is 13.0. The summed E-state index contributed by atoms with van der Waals surface area (Å²) in [4.78, 5) is 27.9. The van der Waals surface area contributed by atoms with Gasteiger partial charge in [-0.2, -0.15) is 0 Å². The van der Waals surface area contributed by atoms with Gasteiger partial charge >= 0.3 is 11.9 Å². The molecule has 0 fully saturated rings. The fraction of sp³-hybridized carbons (Fsp3) is 0.947. The third-order valence-electron chi connectivity index (χ3n) is 13.5. The van der Waals surface area contributed by atoms with Gasteiger partial charge < -0.3 is 19.1 Å². The number of ether oxygens (including phenoxy) is 3. The molecule has 0 aromatic carbocycles. The van der Waals surface area contributed by atoms with Gasteiger partial charge in [-0.1, -0.05) is 220 Å². The lowest BCUT2D eigenvalue weighted by Gasteiger charge is -2.19. The van der Waals surface area contributed by atoms with Crippen LogP contribution >= 0.6 is 0 Å². The Bertz CT molecular complexity index is 940. The Balaban J connectivity index is 4.40. The largest absolute Gasteiger partial charge is 0.481 e. The maximum atomic E-state index is 13.0. The van der Waals surface area contributed by atoms with Crippen LogP contribution in [0.4, 0.5) is 0 Å². The quantitative estimate of drug-likeness (QED) is 0.0283. The molecule has 0 aliphatic carbocycles. The number of hydrogen-bond donors (Lipinski definition) is 1. The zero-order chi connectivity index (χ0) is 47.0. The number of carbonyl (C=O) groups excluding carboxylic acids is 2. The minimum absolute atomic E-state index is 0.0294.